The first kappa shape index (κ1) is 10.3. The van der Waals surface area contributed by atoms with Crippen LogP contribution in [0.25, 0.3) is 0 Å². The van der Waals surface area contributed by atoms with Crippen molar-refractivity contribution in [2.75, 3.05) is 0 Å². The Bertz CT molecular complexity index is 313. The van der Waals surface area contributed by atoms with Crippen molar-refractivity contribution in [1.82, 2.24) is 0 Å². The van der Waals surface area contributed by atoms with Crippen LogP contribution in [0.1, 0.15) is 17.3 Å². The number of benzene rings is 1. The summed E-state index contributed by atoms with van der Waals surface area (Å²) in [6.45, 7) is 1.10. The zero-order chi connectivity index (χ0) is 10.1. The lowest BCUT2D eigenvalue weighted by Crippen LogP contribution is -2.22. The standard InChI is InChI=1S/C9H7BrF2O/c1-9(10,12)8(13)6-2-4-7(11)5-3-6/h2-5H,1H3. The number of Topliss-reactive ketones (excluding diaryl/α,β-unsaturated/α-hetero) is 1. The zero-order valence-corrected chi connectivity index (χ0v) is 8.44. The number of hydrogen-bond acceptors (Lipinski definition) is 1. The van der Waals surface area contributed by atoms with E-state index < -0.39 is 16.2 Å². The van der Waals surface area contributed by atoms with E-state index in [9.17, 15) is 13.6 Å². The molecule has 0 N–H and O–H groups in total. The Morgan fingerprint density at radius 2 is 1.85 bits per heavy atom. The molecule has 0 aromatic heterocycles. The molecule has 0 bridgehead atoms. The van der Waals surface area contributed by atoms with Crippen LogP contribution in [0.3, 0.4) is 0 Å². The predicted molar refractivity (Wildman–Crippen MR) is 49.2 cm³/mol. The van der Waals surface area contributed by atoms with E-state index in [0.717, 1.165) is 19.1 Å². The van der Waals surface area contributed by atoms with E-state index in [1.165, 1.54) is 12.1 Å². The van der Waals surface area contributed by atoms with Crippen LogP contribution in [0, 0.1) is 5.82 Å². The van der Waals surface area contributed by atoms with Gasteiger partial charge in [0.05, 0.1) is 0 Å². The molecule has 1 aromatic rings. The highest BCUT2D eigenvalue weighted by Gasteiger charge is 2.29. The lowest BCUT2D eigenvalue weighted by atomic mass is 10.1. The quantitative estimate of drug-likeness (QED) is 0.581. The molecule has 0 aliphatic carbocycles. The van der Waals surface area contributed by atoms with Crippen molar-refractivity contribution in [2.24, 2.45) is 0 Å². The van der Waals surface area contributed by atoms with Crippen molar-refractivity contribution < 1.29 is 13.6 Å². The number of alkyl halides is 2. The zero-order valence-electron chi connectivity index (χ0n) is 6.85. The Labute approximate surface area is 82.9 Å². The highest BCUT2D eigenvalue weighted by molar-refractivity contribution is 9.10. The van der Waals surface area contributed by atoms with E-state index in [2.05, 4.69) is 15.9 Å². The molecule has 0 aliphatic rings. The molecule has 1 nitrogen and oxygen atoms in total. The molecule has 1 rings (SSSR count). The maximum atomic E-state index is 13.0. The van der Waals surface area contributed by atoms with E-state index in [1.807, 2.05) is 0 Å². The molecule has 0 saturated carbocycles. The SMILES string of the molecule is CC(F)(Br)C(=O)c1ccc(F)cc1. The van der Waals surface area contributed by atoms with Crippen molar-refractivity contribution in [2.45, 2.75) is 11.5 Å². The minimum atomic E-state index is -2.09. The Hall–Kier alpha value is -0.770. The molecule has 0 amide bonds. The third kappa shape index (κ3) is 2.59. The fourth-order valence-corrected chi connectivity index (χ4v) is 1.08. The number of hydrogen-bond donors (Lipinski definition) is 0. The fraction of sp³-hybridized carbons (Fsp3) is 0.222. The Kier molecular flexibility index (Phi) is 2.81. The lowest BCUT2D eigenvalue weighted by Gasteiger charge is -2.09. The second kappa shape index (κ2) is 3.54. The molecule has 1 atom stereocenters. The van der Waals surface area contributed by atoms with Crippen LogP contribution in [-0.4, -0.2) is 10.4 Å². The molecule has 0 heterocycles. The summed E-state index contributed by atoms with van der Waals surface area (Å²) in [5.74, 6) is -1.17. The molecular weight excluding hydrogens is 242 g/mol. The van der Waals surface area contributed by atoms with Gasteiger partial charge in [0.1, 0.15) is 5.82 Å². The molecule has 13 heavy (non-hydrogen) atoms. The normalized spacial score (nSPS) is 15.1. The van der Waals surface area contributed by atoms with Crippen molar-refractivity contribution in [3.05, 3.63) is 35.6 Å². The van der Waals surface area contributed by atoms with Gasteiger partial charge in [0.25, 0.3) is 0 Å². The van der Waals surface area contributed by atoms with Gasteiger partial charge in [-0.15, -0.1) is 0 Å². The molecule has 0 fully saturated rings. The maximum absolute atomic E-state index is 13.0. The van der Waals surface area contributed by atoms with E-state index in [0.29, 0.717) is 0 Å². The second-order valence-corrected chi connectivity index (χ2v) is 4.21. The van der Waals surface area contributed by atoms with E-state index in [-0.39, 0.29) is 5.56 Å². The minimum absolute atomic E-state index is 0.142. The molecule has 70 valence electrons. The monoisotopic (exact) mass is 248 g/mol. The van der Waals surface area contributed by atoms with Gasteiger partial charge in [0.15, 0.2) is 0 Å². The summed E-state index contributed by atoms with van der Waals surface area (Å²) in [6.07, 6.45) is 0. The Morgan fingerprint density at radius 3 is 2.23 bits per heavy atom. The summed E-state index contributed by atoms with van der Waals surface area (Å²) in [4.78, 5) is 11.2. The van der Waals surface area contributed by atoms with E-state index >= 15 is 0 Å². The first-order valence-electron chi connectivity index (χ1n) is 3.59. The number of ketones is 1. The summed E-state index contributed by atoms with van der Waals surface area (Å²) in [6, 6.07) is 4.73. The van der Waals surface area contributed by atoms with Gasteiger partial charge in [-0.05, 0) is 47.1 Å². The molecule has 0 aliphatic heterocycles. The topological polar surface area (TPSA) is 17.1 Å². The van der Waals surface area contributed by atoms with Crippen LogP contribution < -0.4 is 0 Å². The molecule has 0 saturated heterocycles. The highest BCUT2D eigenvalue weighted by atomic mass is 79.9. The summed E-state index contributed by atoms with van der Waals surface area (Å²) in [5.41, 5.74) is 0.142. The molecular formula is C9H7BrF2O. The highest BCUT2D eigenvalue weighted by Crippen LogP contribution is 2.24. The molecule has 0 spiro atoms. The van der Waals surface area contributed by atoms with Crippen molar-refractivity contribution >= 4 is 21.7 Å². The Balaban J connectivity index is 2.97. The van der Waals surface area contributed by atoms with Gasteiger partial charge in [0, 0.05) is 5.56 Å². The largest absolute Gasteiger partial charge is 0.290 e. The molecule has 0 radical (unpaired) electrons. The smallest absolute Gasteiger partial charge is 0.224 e. The molecule has 1 aromatic carbocycles. The van der Waals surface area contributed by atoms with Crippen LogP contribution in [0.15, 0.2) is 24.3 Å². The lowest BCUT2D eigenvalue weighted by molar-refractivity contribution is 0.0866. The third-order valence-electron chi connectivity index (χ3n) is 1.51. The van der Waals surface area contributed by atoms with Gasteiger partial charge in [-0.3, -0.25) is 4.79 Å². The van der Waals surface area contributed by atoms with Gasteiger partial charge < -0.3 is 0 Å². The average molecular weight is 249 g/mol. The summed E-state index contributed by atoms with van der Waals surface area (Å²) >= 11 is 2.59. The Morgan fingerprint density at radius 1 is 1.38 bits per heavy atom. The van der Waals surface area contributed by atoms with Gasteiger partial charge in [-0.25, -0.2) is 8.78 Å². The number of carbonyl (C=O) groups excluding carboxylic acids is 1. The van der Waals surface area contributed by atoms with Gasteiger partial charge >= 0.3 is 0 Å². The average Bonchev–Trinajstić information content (AvgIpc) is 2.03. The fourth-order valence-electron chi connectivity index (χ4n) is 0.855. The van der Waals surface area contributed by atoms with Crippen molar-refractivity contribution in [1.29, 1.82) is 0 Å². The van der Waals surface area contributed by atoms with Gasteiger partial charge in [0.2, 0.25) is 10.4 Å². The van der Waals surface area contributed by atoms with E-state index in [1.54, 1.807) is 0 Å². The number of rotatable bonds is 2. The first-order valence-corrected chi connectivity index (χ1v) is 4.39. The predicted octanol–water partition coefficient (Wildman–Crippen LogP) is 3.09. The van der Waals surface area contributed by atoms with E-state index in [4.69, 9.17) is 0 Å². The van der Waals surface area contributed by atoms with Gasteiger partial charge in [-0.1, -0.05) is 0 Å². The van der Waals surface area contributed by atoms with Crippen LogP contribution in [0.5, 0.6) is 0 Å². The number of halogens is 3. The van der Waals surface area contributed by atoms with Crippen LogP contribution in [0.2, 0.25) is 0 Å². The van der Waals surface area contributed by atoms with Crippen LogP contribution in [0.4, 0.5) is 8.78 Å². The van der Waals surface area contributed by atoms with Crippen molar-refractivity contribution in [3.63, 3.8) is 0 Å². The molecule has 4 heteroatoms. The summed E-state index contributed by atoms with van der Waals surface area (Å²) in [5, 5.41) is 0. The second-order valence-electron chi connectivity index (χ2n) is 2.72. The molecule has 1 unspecified atom stereocenters. The summed E-state index contributed by atoms with van der Waals surface area (Å²) in [7, 11) is 0. The minimum Gasteiger partial charge on any atom is -0.290 e. The first-order chi connectivity index (χ1) is 5.91. The maximum Gasteiger partial charge on any atom is 0.224 e. The third-order valence-corrected chi connectivity index (χ3v) is 1.87. The van der Waals surface area contributed by atoms with Crippen LogP contribution >= 0.6 is 15.9 Å². The van der Waals surface area contributed by atoms with Crippen LogP contribution in [-0.2, 0) is 0 Å². The van der Waals surface area contributed by atoms with Gasteiger partial charge in [-0.2, -0.15) is 0 Å². The number of carbonyl (C=O) groups is 1. The summed E-state index contributed by atoms with van der Waals surface area (Å²) < 4.78 is 23.4. The van der Waals surface area contributed by atoms with Crippen molar-refractivity contribution in [3.8, 4) is 0 Å².